The smallest absolute Gasteiger partial charge is 0.407 e. The number of carbonyl (C=O) groups excluding carboxylic acids is 1. The normalized spacial score (nSPS) is 11.9. The molecule has 0 fully saturated rings. The molecule has 0 aliphatic carbocycles. The number of aliphatic carboxylic acids is 1. The number of ether oxygens (including phenoxy) is 1. The first-order valence-corrected chi connectivity index (χ1v) is 10.6. The predicted octanol–water partition coefficient (Wildman–Crippen LogP) is 5.83. The summed E-state index contributed by atoms with van der Waals surface area (Å²) >= 11 is 0. The fourth-order valence-electron chi connectivity index (χ4n) is 3.69. The highest BCUT2D eigenvalue weighted by Gasteiger charge is 2.18. The number of rotatable bonds is 8. The number of furan rings is 1. The van der Waals surface area contributed by atoms with Gasteiger partial charge in [-0.3, -0.25) is 4.79 Å². The van der Waals surface area contributed by atoms with Crippen molar-refractivity contribution >= 4 is 23.0 Å². The Bertz CT molecular complexity index is 1370. The van der Waals surface area contributed by atoms with E-state index in [2.05, 4.69) is 5.32 Å². The number of carboxylic acid groups (broad SMARTS) is 1. The van der Waals surface area contributed by atoms with Gasteiger partial charge in [0.2, 0.25) is 0 Å². The molecule has 180 valence electrons. The number of halogens is 3. The van der Waals surface area contributed by atoms with E-state index in [1.807, 2.05) is 0 Å². The van der Waals surface area contributed by atoms with Crippen molar-refractivity contribution in [2.24, 2.45) is 0 Å². The second kappa shape index (κ2) is 10.3. The Morgan fingerprint density at radius 3 is 2.43 bits per heavy atom. The molecule has 0 aliphatic rings. The molecule has 0 saturated carbocycles. The number of fused-ring (bicyclic) bond motifs is 1. The number of benzene rings is 3. The Morgan fingerprint density at radius 1 is 0.943 bits per heavy atom. The molecule has 4 rings (SSSR count). The first-order valence-electron chi connectivity index (χ1n) is 10.6. The highest BCUT2D eigenvalue weighted by atomic mass is 19.1. The first kappa shape index (κ1) is 23.9. The molecule has 0 radical (unpaired) electrons. The fraction of sp³-hybridized carbons (Fsp3) is 0.154. The van der Waals surface area contributed by atoms with Crippen LogP contribution in [0.3, 0.4) is 0 Å². The number of amides is 1. The number of carbonyl (C=O) groups is 2. The van der Waals surface area contributed by atoms with E-state index in [1.54, 1.807) is 24.3 Å². The number of alkyl carbamates (subject to hydrolysis) is 1. The Labute approximate surface area is 197 Å². The summed E-state index contributed by atoms with van der Waals surface area (Å²) in [4.78, 5) is 23.4. The van der Waals surface area contributed by atoms with Gasteiger partial charge in [-0.25, -0.2) is 18.0 Å². The average Bonchev–Trinajstić information content (AvgIpc) is 3.22. The molecule has 0 aliphatic heterocycles. The summed E-state index contributed by atoms with van der Waals surface area (Å²) in [6.45, 7) is -0.236. The minimum atomic E-state index is -1.11. The largest absolute Gasteiger partial charge is 0.481 e. The second-order valence-electron chi connectivity index (χ2n) is 7.94. The van der Waals surface area contributed by atoms with Gasteiger partial charge in [-0.2, -0.15) is 0 Å². The molecule has 1 atom stereocenters. The molecular weight excluding hydrogens is 463 g/mol. The van der Waals surface area contributed by atoms with Crippen LogP contribution in [-0.2, 0) is 22.6 Å². The molecule has 0 saturated heterocycles. The lowest BCUT2D eigenvalue weighted by atomic mass is 10.0. The molecule has 1 aromatic heterocycles. The van der Waals surface area contributed by atoms with E-state index < -0.39 is 35.6 Å². The first-order chi connectivity index (χ1) is 16.8. The fourth-order valence-corrected chi connectivity index (χ4v) is 3.69. The van der Waals surface area contributed by atoms with Crippen LogP contribution in [0.5, 0.6) is 0 Å². The van der Waals surface area contributed by atoms with Crippen molar-refractivity contribution in [2.75, 3.05) is 0 Å². The van der Waals surface area contributed by atoms with Crippen LogP contribution in [0, 0.1) is 17.5 Å². The third-order valence-corrected chi connectivity index (χ3v) is 5.29. The van der Waals surface area contributed by atoms with Gasteiger partial charge in [-0.15, -0.1) is 0 Å². The standard InChI is InChI=1S/C26H20F3NO5/c27-18-4-1-15(2-5-18)9-20(13-25(31)32)30-26(33)34-14-21-11-17-10-16(3-8-24(17)35-21)22-12-19(28)6-7-23(22)29/h1-8,10-12,20H,9,13-14H2,(H,30,33)(H,31,32)/t20-/m1/s1. The van der Waals surface area contributed by atoms with Gasteiger partial charge >= 0.3 is 12.1 Å². The van der Waals surface area contributed by atoms with Gasteiger partial charge in [0.05, 0.1) is 6.42 Å². The highest BCUT2D eigenvalue weighted by molar-refractivity contribution is 5.84. The van der Waals surface area contributed by atoms with Crippen LogP contribution >= 0.6 is 0 Å². The van der Waals surface area contributed by atoms with Crippen LogP contribution in [0.15, 0.2) is 71.1 Å². The van der Waals surface area contributed by atoms with E-state index in [-0.39, 0.29) is 25.0 Å². The maximum absolute atomic E-state index is 14.1. The van der Waals surface area contributed by atoms with Crippen LogP contribution in [0.4, 0.5) is 18.0 Å². The van der Waals surface area contributed by atoms with Crippen LogP contribution in [0.25, 0.3) is 22.1 Å². The maximum Gasteiger partial charge on any atom is 0.407 e. The molecule has 4 aromatic rings. The zero-order valence-electron chi connectivity index (χ0n) is 18.3. The van der Waals surface area contributed by atoms with Gasteiger partial charge in [0.15, 0.2) is 6.61 Å². The second-order valence-corrected chi connectivity index (χ2v) is 7.94. The van der Waals surface area contributed by atoms with Gasteiger partial charge in [0, 0.05) is 17.0 Å². The van der Waals surface area contributed by atoms with Crippen molar-refractivity contribution in [2.45, 2.75) is 25.5 Å². The summed E-state index contributed by atoms with van der Waals surface area (Å²) in [6, 6.07) is 14.4. The highest BCUT2D eigenvalue weighted by Crippen LogP contribution is 2.29. The van der Waals surface area contributed by atoms with E-state index in [0.29, 0.717) is 27.9 Å². The summed E-state index contributed by atoms with van der Waals surface area (Å²) in [7, 11) is 0. The number of nitrogens with one attached hydrogen (secondary N) is 1. The SMILES string of the molecule is O=C(O)C[C@@H](Cc1ccc(F)cc1)NC(=O)OCc1cc2cc(-c3cc(F)ccc3F)ccc2o1. The molecule has 1 amide bonds. The van der Waals surface area contributed by atoms with E-state index in [4.69, 9.17) is 14.3 Å². The molecule has 3 aromatic carbocycles. The zero-order valence-corrected chi connectivity index (χ0v) is 18.3. The monoisotopic (exact) mass is 483 g/mol. The molecule has 6 nitrogen and oxygen atoms in total. The molecule has 35 heavy (non-hydrogen) atoms. The predicted molar refractivity (Wildman–Crippen MR) is 121 cm³/mol. The Kier molecular flexibility index (Phi) is 7.05. The molecular formula is C26H20F3NO5. The van der Waals surface area contributed by atoms with Gasteiger partial charge in [0.25, 0.3) is 0 Å². The molecule has 9 heteroatoms. The topological polar surface area (TPSA) is 88.8 Å². The Hall–Kier alpha value is -4.27. The molecule has 1 heterocycles. The Balaban J connectivity index is 1.41. The van der Waals surface area contributed by atoms with E-state index in [9.17, 15) is 22.8 Å². The van der Waals surface area contributed by atoms with Gasteiger partial charge in [0.1, 0.15) is 28.8 Å². The van der Waals surface area contributed by atoms with Crippen molar-refractivity contribution < 1.29 is 37.0 Å². The van der Waals surface area contributed by atoms with Crippen molar-refractivity contribution in [3.05, 3.63) is 95.5 Å². The lowest BCUT2D eigenvalue weighted by molar-refractivity contribution is -0.137. The van der Waals surface area contributed by atoms with Gasteiger partial charge < -0.3 is 19.6 Å². The number of carboxylic acids is 1. The van der Waals surface area contributed by atoms with Gasteiger partial charge in [-0.1, -0.05) is 18.2 Å². The average molecular weight is 483 g/mol. The summed E-state index contributed by atoms with van der Waals surface area (Å²) in [5, 5.41) is 12.2. The summed E-state index contributed by atoms with van der Waals surface area (Å²) in [5.41, 5.74) is 1.68. The summed E-state index contributed by atoms with van der Waals surface area (Å²) in [6.07, 6.45) is -1.02. The van der Waals surface area contributed by atoms with Crippen LogP contribution in [-0.4, -0.2) is 23.2 Å². The minimum Gasteiger partial charge on any atom is -0.481 e. The van der Waals surface area contributed by atoms with Crippen LogP contribution < -0.4 is 5.32 Å². The number of hydrogen-bond donors (Lipinski definition) is 2. The molecule has 0 spiro atoms. The molecule has 0 unspecified atom stereocenters. The van der Waals surface area contributed by atoms with E-state index >= 15 is 0 Å². The van der Waals surface area contributed by atoms with Crippen molar-refractivity contribution in [3.8, 4) is 11.1 Å². The van der Waals surface area contributed by atoms with Crippen molar-refractivity contribution in [1.82, 2.24) is 5.32 Å². The van der Waals surface area contributed by atoms with E-state index in [0.717, 1.165) is 18.2 Å². The number of hydrogen-bond acceptors (Lipinski definition) is 4. The minimum absolute atomic E-state index is 0.107. The Morgan fingerprint density at radius 2 is 1.69 bits per heavy atom. The summed E-state index contributed by atoms with van der Waals surface area (Å²) < 4.78 is 51.5. The zero-order chi connectivity index (χ0) is 24.9. The third-order valence-electron chi connectivity index (χ3n) is 5.29. The lowest BCUT2D eigenvalue weighted by Gasteiger charge is -2.16. The molecule has 0 bridgehead atoms. The van der Waals surface area contributed by atoms with Crippen molar-refractivity contribution in [1.29, 1.82) is 0 Å². The van der Waals surface area contributed by atoms with Crippen LogP contribution in [0.2, 0.25) is 0 Å². The molecule has 2 N–H and O–H groups in total. The third kappa shape index (κ3) is 6.20. The van der Waals surface area contributed by atoms with Crippen LogP contribution in [0.1, 0.15) is 17.7 Å². The quantitative estimate of drug-likeness (QED) is 0.329. The summed E-state index contributed by atoms with van der Waals surface area (Å²) in [5.74, 6) is -2.35. The van der Waals surface area contributed by atoms with Crippen molar-refractivity contribution in [3.63, 3.8) is 0 Å². The lowest BCUT2D eigenvalue weighted by Crippen LogP contribution is -2.38. The maximum atomic E-state index is 14.1. The van der Waals surface area contributed by atoms with Gasteiger partial charge in [-0.05, 0) is 66.1 Å². The van der Waals surface area contributed by atoms with E-state index in [1.165, 1.54) is 24.3 Å².